The zero-order valence-electron chi connectivity index (χ0n) is 14.2. The van der Waals surface area contributed by atoms with Crippen molar-refractivity contribution < 1.29 is 13.9 Å². The molecule has 1 fully saturated rings. The molecule has 2 heterocycles. The normalized spacial score (nSPS) is 15.5. The lowest BCUT2D eigenvalue weighted by Crippen LogP contribution is -2.41. The molecule has 4 nitrogen and oxygen atoms in total. The fourth-order valence-corrected chi connectivity index (χ4v) is 3.40. The predicted molar refractivity (Wildman–Crippen MR) is 90.7 cm³/mol. The number of hydrogen-bond acceptors (Lipinski definition) is 2. The molecule has 1 amide bonds. The minimum absolute atomic E-state index is 0.00211. The van der Waals surface area contributed by atoms with E-state index in [1.807, 2.05) is 4.90 Å². The van der Waals surface area contributed by atoms with Crippen LogP contribution in [0.25, 0.3) is 0 Å². The van der Waals surface area contributed by atoms with Gasteiger partial charge in [0.25, 0.3) is 5.91 Å². The third-order valence-electron chi connectivity index (χ3n) is 4.68. The molecule has 1 aliphatic rings. The smallest absolute Gasteiger partial charge is 0.260 e. The largest absolute Gasteiger partial charge is 0.484 e. The first-order valence-corrected chi connectivity index (χ1v) is 8.35. The lowest BCUT2D eigenvalue weighted by atomic mass is 10.0. The van der Waals surface area contributed by atoms with Gasteiger partial charge < -0.3 is 14.2 Å². The van der Waals surface area contributed by atoms with Gasteiger partial charge in [0.15, 0.2) is 6.61 Å². The standard InChI is InChI=1S/C19H23FN2O2/c1-14-3-4-15(2)22(14)17-9-11-21(12-10-17)19(23)13-24-18-7-5-16(20)6-8-18/h3-8,17H,9-13H2,1-2H3. The van der Waals surface area contributed by atoms with Gasteiger partial charge >= 0.3 is 0 Å². The van der Waals surface area contributed by atoms with E-state index in [1.54, 1.807) is 0 Å². The molecule has 1 aromatic carbocycles. The van der Waals surface area contributed by atoms with E-state index in [0.29, 0.717) is 11.8 Å². The number of ether oxygens (including phenoxy) is 1. The molecule has 1 aromatic heterocycles. The van der Waals surface area contributed by atoms with Gasteiger partial charge in [0.2, 0.25) is 0 Å². The highest BCUT2D eigenvalue weighted by Gasteiger charge is 2.25. The van der Waals surface area contributed by atoms with E-state index in [4.69, 9.17) is 4.74 Å². The van der Waals surface area contributed by atoms with E-state index < -0.39 is 0 Å². The summed E-state index contributed by atoms with van der Waals surface area (Å²) in [6.07, 6.45) is 1.91. The Bertz CT molecular complexity index is 681. The molecule has 0 saturated carbocycles. The maximum absolute atomic E-state index is 12.9. The zero-order chi connectivity index (χ0) is 17.1. The molecule has 0 atom stereocenters. The average Bonchev–Trinajstić information content (AvgIpc) is 2.93. The molecule has 0 radical (unpaired) electrons. The molecule has 3 rings (SSSR count). The lowest BCUT2D eigenvalue weighted by molar-refractivity contribution is -0.134. The van der Waals surface area contributed by atoms with Gasteiger partial charge in [0, 0.05) is 30.5 Å². The lowest BCUT2D eigenvalue weighted by Gasteiger charge is -2.34. The van der Waals surface area contributed by atoms with Crippen LogP contribution in [0.5, 0.6) is 5.75 Å². The van der Waals surface area contributed by atoms with E-state index in [0.717, 1.165) is 25.9 Å². The monoisotopic (exact) mass is 330 g/mol. The van der Waals surface area contributed by atoms with Gasteiger partial charge in [0.1, 0.15) is 11.6 Å². The molecule has 0 unspecified atom stereocenters. The van der Waals surface area contributed by atoms with Crippen LogP contribution in [0.4, 0.5) is 4.39 Å². The summed E-state index contributed by atoms with van der Waals surface area (Å²) in [5.41, 5.74) is 2.55. The number of aromatic nitrogens is 1. The Kier molecular flexibility index (Phi) is 4.88. The van der Waals surface area contributed by atoms with Gasteiger partial charge in [0.05, 0.1) is 0 Å². The van der Waals surface area contributed by atoms with Gasteiger partial charge in [-0.25, -0.2) is 4.39 Å². The van der Waals surface area contributed by atoms with Crippen molar-refractivity contribution in [3.05, 3.63) is 53.6 Å². The molecule has 24 heavy (non-hydrogen) atoms. The van der Waals surface area contributed by atoms with Crippen molar-refractivity contribution >= 4 is 5.91 Å². The van der Waals surface area contributed by atoms with E-state index >= 15 is 0 Å². The fourth-order valence-electron chi connectivity index (χ4n) is 3.40. The number of hydrogen-bond donors (Lipinski definition) is 0. The van der Waals surface area contributed by atoms with Crippen molar-refractivity contribution in [3.63, 3.8) is 0 Å². The highest BCUT2D eigenvalue weighted by molar-refractivity contribution is 5.77. The summed E-state index contributed by atoms with van der Waals surface area (Å²) in [5, 5.41) is 0. The SMILES string of the molecule is Cc1ccc(C)n1C1CCN(C(=O)COc2ccc(F)cc2)CC1. The summed E-state index contributed by atoms with van der Waals surface area (Å²) in [4.78, 5) is 14.1. The summed E-state index contributed by atoms with van der Waals surface area (Å²) in [5.74, 6) is 0.184. The van der Waals surface area contributed by atoms with Gasteiger partial charge in [-0.2, -0.15) is 0 Å². The van der Waals surface area contributed by atoms with E-state index in [1.165, 1.54) is 35.7 Å². The minimum Gasteiger partial charge on any atom is -0.484 e. The third kappa shape index (κ3) is 3.61. The quantitative estimate of drug-likeness (QED) is 0.860. The average molecular weight is 330 g/mol. The summed E-state index contributed by atoms with van der Waals surface area (Å²) < 4.78 is 20.7. The minimum atomic E-state index is -0.314. The number of piperidine rings is 1. The van der Waals surface area contributed by atoms with Crippen molar-refractivity contribution in [2.24, 2.45) is 0 Å². The molecular formula is C19H23FN2O2. The van der Waals surface area contributed by atoms with Crippen molar-refractivity contribution in [3.8, 4) is 5.75 Å². The predicted octanol–water partition coefficient (Wildman–Crippen LogP) is 3.49. The van der Waals surface area contributed by atoms with E-state index in [-0.39, 0.29) is 18.3 Å². The second-order valence-corrected chi connectivity index (χ2v) is 6.34. The fraction of sp³-hybridized carbons (Fsp3) is 0.421. The Labute approximate surface area is 141 Å². The van der Waals surface area contributed by atoms with Gasteiger partial charge in [-0.3, -0.25) is 4.79 Å². The number of aryl methyl sites for hydroxylation is 2. The Morgan fingerprint density at radius 2 is 1.67 bits per heavy atom. The van der Waals surface area contributed by atoms with E-state index in [9.17, 15) is 9.18 Å². The third-order valence-corrected chi connectivity index (χ3v) is 4.68. The second kappa shape index (κ2) is 7.07. The number of rotatable bonds is 4. The number of benzene rings is 1. The number of carbonyl (C=O) groups excluding carboxylic acids is 1. The molecule has 2 aromatic rings. The van der Waals surface area contributed by atoms with Crippen LogP contribution in [0.3, 0.4) is 0 Å². The van der Waals surface area contributed by atoms with Gasteiger partial charge in [-0.05, 0) is 63.1 Å². The molecule has 1 aliphatic heterocycles. The molecular weight excluding hydrogens is 307 g/mol. The van der Waals surface area contributed by atoms with Crippen LogP contribution in [0, 0.1) is 19.7 Å². The van der Waals surface area contributed by atoms with Crippen molar-refractivity contribution in [1.29, 1.82) is 0 Å². The Balaban J connectivity index is 1.51. The van der Waals surface area contributed by atoms with E-state index in [2.05, 4.69) is 30.5 Å². The molecule has 128 valence electrons. The molecule has 0 spiro atoms. The van der Waals surface area contributed by atoms with Crippen molar-refractivity contribution in [2.45, 2.75) is 32.7 Å². The van der Waals surface area contributed by atoms with Crippen LogP contribution in [-0.2, 0) is 4.79 Å². The highest BCUT2D eigenvalue weighted by atomic mass is 19.1. The van der Waals surface area contributed by atoms with Gasteiger partial charge in [-0.15, -0.1) is 0 Å². The highest BCUT2D eigenvalue weighted by Crippen LogP contribution is 2.26. The molecule has 0 bridgehead atoms. The molecule has 5 heteroatoms. The zero-order valence-corrected chi connectivity index (χ0v) is 14.2. The Morgan fingerprint density at radius 3 is 2.25 bits per heavy atom. The first-order valence-electron chi connectivity index (χ1n) is 8.35. The maximum Gasteiger partial charge on any atom is 0.260 e. The summed E-state index contributed by atoms with van der Waals surface area (Å²) in [7, 11) is 0. The summed E-state index contributed by atoms with van der Waals surface area (Å²) in [6.45, 7) is 5.74. The number of likely N-dealkylation sites (tertiary alicyclic amines) is 1. The Morgan fingerprint density at radius 1 is 1.08 bits per heavy atom. The van der Waals surface area contributed by atoms with Crippen molar-refractivity contribution in [1.82, 2.24) is 9.47 Å². The number of carbonyl (C=O) groups is 1. The van der Waals surface area contributed by atoms with Crippen LogP contribution < -0.4 is 4.74 Å². The topological polar surface area (TPSA) is 34.5 Å². The second-order valence-electron chi connectivity index (χ2n) is 6.34. The maximum atomic E-state index is 12.9. The Hall–Kier alpha value is -2.30. The summed E-state index contributed by atoms with van der Waals surface area (Å²) >= 11 is 0. The number of nitrogens with zero attached hydrogens (tertiary/aromatic N) is 2. The first-order chi connectivity index (χ1) is 11.5. The number of amides is 1. The van der Waals surface area contributed by atoms with Crippen LogP contribution in [0.15, 0.2) is 36.4 Å². The number of halogens is 1. The van der Waals surface area contributed by atoms with Crippen LogP contribution >= 0.6 is 0 Å². The van der Waals surface area contributed by atoms with Crippen LogP contribution in [0.1, 0.15) is 30.3 Å². The molecule has 1 saturated heterocycles. The van der Waals surface area contributed by atoms with Crippen LogP contribution in [-0.4, -0.2) is 35.1 Å². The molecule has 0 aliphatic carbocycles. The first kappa shape index (κ1) is 16.6. The van der Waals surface area contributed by atoms with Crippen molar-refractivity contribution in [2.75, 3.05) is 19.7 Å². The summed E-state index contributed by atoms with van der Waals surface area (Å²) in [6, 6.07) is 10.5. The molecule has 0 N–H and O–H groups in total. The van der Waals surface area contributed by atoms with Crippen LogP contribution in [0.2, 0.25) is 0 Å². The van der Waals surface area contributed by atoms with Gasteiger partial charge in [-0.1, -0.05) is 0 Å².